The van der Waals surface area contributed by atoms with Crippen LogP contribution >= 0.6 is 11.8 Å². The quantitative estimate of drug-likeness (QED) is 0.647. The van der Waals surface area contributed by atoms with Crippen molar-refractivity contribution in [1.29, 1.82) is 0 Å². The Morgan fingerprint density at radius 2 is 2.00 bits per heavy atom. The van der Waals surface area contributed by atoms with Crippen molar-refractivity contribution < 1.29 is 9.90 Å². The Morgan fingerprint density at radius 3 is 2.50 bits per heavy atom. The number of hydrogen-bond acceptors (Lipinski definition) is 5. The van der Waals surface area contributed by atoms with E-state index in [1.165, 1.54) is 11.8 Å². The molecule has 0 radical (unpaired) electrons. The molecule has 1 atom stereocenters. The van der Waals surface area contributed by atoms with Crippen LogP contribution in [0.5, 0.6) is 0 Å². The zero-order chi connectivity index (χ0) is 13.3. The van der Waals surface area contributed by atoms with Gasteiger partial charge in [0.1, 0.15) is 0 Å². The number of nitrogens with zero attached hydrogens (tertiary/aromatic N) is 3. The summed E-state index contributed by atoms with van der Waals surface area (Å²) in [6.45, 7) is 6.56. The minimum Gasteiger partial charge on any atom is -0.389 e. The fourth-order valence-corrected chi connectivity index (χ4v) is 2.81. The van der Waals surface area contributed by atoms with Gasteiger partial charge in [-0.2, -0.15) is 0 Å². The SMILES string of the molecule is Cc1cc(C)nc(S[C@@H](C)C(=O)N2CC(O)C2)n1. The van der Waals surface area contributed by atoms with Gasteiger partial charge in [-0.1, -0.05) is 11.8 Å². The van der Waals surface area contributed by atoms with Gasteiger partial charge < -0.3 is 10.0 Å². The van der Waals surface area contributed by atoms with Crippen LogP contribution in [0.15, 0.2) is 11.2 Å². The number of carbonyl (C=O) groups is 1. The summed E-state index contributed by atoms with van der Waals surface area (Å²) in [6.07, 6.45) is -0.358. The molecule has 0 aliphatic carbocycles. The van der Waals surface area contributed by atoms with E-state index in [0.717, 1.165) is 11.4 Å². The van der Waals surface area contributed by atoms with Gasteiger partial charge in [0.2, 0.25) is 5.91 Å². The van der Waals surface area contributed by atoms with Crippen LogP contribution in [0.25, 0.3) is 0 Å². The average Bonchev–Trinajstić information content (AvgIpc) is 2.22. The van der Waals surface area contributed by atoms with E-state index < -0.39 is 0 Å². The van der Waals surface area contributed by atoms with Crippen LogP contribution < -0.4 is 0 Å². The lowest BCUT2D eigenvalue weighted by molar-refractivity contribution is -0.140. The zero-order valence-electron chi connectivity index (χ0n) is 10.8. The number of amides is 1. The highest BCUT2D eigenvalue weighted by Gasteiger charge is 2.32. The highest BCUT2D eigenvalue weighted by molar-refractivity contribution is 8.00. The Balaban J connectivity index is 1.98. The molecule has 0 saturated carbocycles. The number of likely N-dealkylation sites (tertiary alicyclic amines) is 1. The van der Waals surface area contributed by atoms with Crippen molar-refractivity contribution in [3.8, 4) is 0 Å². The molecule has 5 nitrogen and oxygen atoms in total. The van der Waals surface area contributed by atoms with E-state index in [4.69, 9.17) is 0 Å². The third-order valence-corrected chi connectivity index (χ3v) is 3.71. The molecular weight excluding hydrogens is 250 g/mol. The van der Waals surface area contributed by atoms with Crippen molar-refractivity contribution in [1.82, 2.24) is 14.9 Å². The molecular formula is C12H17N3O2S. The molecule has 6 heteroatoms. The van der Waals surface area contributed by atoms with Crippen LogP contribution in [-0.4, -0.2) is 50.3 Å². The van der Waals surface area contributed by atoms with Gasteiger partial charge in [0.25, 0.3) is 0 Å². The van der Waals surface area contributed by atoms with E-state index in [0.29, 0.717) is 18.2 Å². The van der Waals surface area contributed by atoms with Crippen LogP contribution in [0, 0.1) is 13.8 Å². The van der Waals surface area contributed by atoms with E-state index >= 15 is 0 Å². The second-order valence-corrected chi connectivity index (χ2v) is 5.90. The van der Waals surface area contributed by atoms with Gasteiger partial charge in [-0.3, -0.25) is 4.79 Å². The molecule has 1 aromatic rings. The van der Waals surface area contributed by atoms with Crippen LogP contribution in [0.4, 0.5) is 0 Å². The first kappa shape index (κ1) is 13.3. The first-order valence-corrected chi connectivity index (χ1v) is 6.79. The number of carbonyl (C=O) groups excluding carboxylic acids is 1. The summed E-state index contributed by atoms with van der Waals surface area (Å²) in [7, 11) is 0. The number of aryl methyl sites for hydroxylation is 2. The fraction of sp³-hybridized carbons (Fsp3) is 0.583. The predicted molar refractivity (Wildman–Crippen MR) is 69.4 cm³/mol. The number of thioether (sulfide) groups is 1. The maximum Gasteiger partial charge on any atom is 0.236 e. The first-order chi connectivity index (χ1) is 8.45. The number of aromatic nitrogens is 2. The topological polar surface area (TPSA) is 66.3 Å². The van der Waals surface area contributed by atoms with Crippen molar-refractivity contribution >= 4 is 17.7 Å². The van der Waals surface area contributed by atoms with E-state index in [2.05, 4.69) is 9.97 Å². The van der Waals surface area contributed by atoms with Crippen molar-refractivity contribution in [2.75, 3.05) is 13.1 Å². The van der Waals surface area contributed by atoms with Crippen molar-refractivity contribution in [3.63, 3.8) is 0 Å². The summed E-state index contributed by atoms with van der Waals surface area (Å²) in [5, 5.41) is 9.60. The molecule has 1 saturated heterocycles. The van der Waals surface area contributed by atoms with Gasteiger partial charge in [-0.05, 0) is 26.8 Å². The normalized spacial score (nSPS) is 17.4. The molecule has 0 bridgehead atoms. The monoisotopic (exact) mass is 267 g/mol. The van der Waals surface area contributed by atoms with Crippen molar-refractivity contribution in [2.45, 2.75) is 37.3 Å². The summed E-state index contributed by atoms with van der Waals surface area (Å²) in [5.41, 5.74) is 1.81. The van der Waals surface area contributed by atoms with Gasteiger partial charge in [-0.15, -0.1) is 0 Å². The Hall–Kier alpha value is -1.14. The molecule has 2 heterocycles. The summed E-state index contributed by atoms with van der Waals surface area (Å²) >= 11 is 1.36. The van der Waals surface area contributed by atoms with Crippen molar-refractivity contribution in [3.05, 3.63) is 17.5 Å². The standard InChI is InChI=1S/C12H17N3O2S/c1-7-4-8(2)14-12(13-7)18-9(3)11(17)15-5-10(16)6-15/h4,9-10,16H,5-6H2,1-3H3/t9-/m0/s1. The van der Waals surface area contributed by atoms with E-state index in [9.17, 15) is 9.90 Å². The predicted octanol–water partition coefficient (Wildman–Crippen LogP) is 0.777. The Morgan fingerprint density at radius 1 is 1.44 bits per heavy atom. The van der Waals surface area contributed by atoms with Gasteiger partial charge in [0.15, 0.2) is 5.16 Å². The molecule has 1 N–H and O–H groups in total. The zero-order valence-corrected chi connectivity index (χ0v) is 11.6. The lowest BCUT2D eigenvalue weighted by atomic mass is 10.1. The summed E-state index contributed by atoms with van der Waals surface area (Å²) < 4.78 is 0. The largest absolute Gasteiger partial charge is 0.389 e. The molecule has 1 aromatic heterocycles. The minimum atomic E-state index is -0.358. The number of rotatable bonds is 3. The van der Waals surface area contributed by atoms with E-state index in [1.54, 1.807) is 4.90 Å². The average molecular weight is 267 g/mol. The first-order valence-electron chi connectivity index (χ1n) is 5.91. The van der Waals surface area contributed by atoms with Crippen LogP contribution in [0.1, 0.15) is 18.3 Å². The molecule has 0 unspecified atom stereocenters. The van der Waals surface area contributed by atoms with Crippen LogP contribution in [-0.2, 0) is 4.79 Å². The third kappa shape index (κ3) is 3.00. The molecule has 2 rings (SSSR count). The molecule has 1 aliphatic heterocycles. The van der Waals surface area contributed by atoms with Crippen LogP contribution in [0.3, 0.4) is 0 Å². The molecule has 1 amide bonds. The second kappa shape index (κ2) is 5.24. The Bertz CT molecular complexity index is 440. The molecule has 0 aromatic carbocycles. The van der Waals surface area contributed by atoms with Crippen LogP contribution in [0.2, 0.25) is 0 Å². The number of β-amino-alcohol motifs (C(OH)–C–C–N with tert-alkyl or cyclic N) is 1. The van der Waals surface area contributed by atoms with E-state index in [1.807, 2.05) is 26.8 Å². The number of aliphatic hydroxyl groups excluding tert-OH is 1. The number of hydrogen-bond donors (Lipinski definition) is 1. The Kier molecular flexibility index (Phi) is 3.87. The minimum absolute atomic E-state index is 0.0352. The fourth-order valence-electron chi connectivity index (χ4n) is 1.85. The highest BCUT2D eigenvalue weighted by atomic mass is 32.2. The lowest BCUT2D eigenvalue weighted by Crippen LogP contribution is -2.55. The Labute approximate surface area is 111 Å². The molecule has 1 aliphatic rings. The van der Waals surface area contributed by atoms with Gasteiger partial charge in [0.05, 0.1) is 11.4 Å². The summed E-state index contributed by atoms with van der Waals surface area (Å²) in [4.78, 5) is 22.3. The molecule has 18 heavy (non-hydrogen) atoms. The molecule has 0 spiro atoms. The van der Waals surface area contributed by atoms with Gasteiger partial charge in [0, 0.05) is 24.5 Å². The second-order valence-electron chi connectivity index (χ2n) is 4.59. The highest BCUT2D eigenvalue weighted by Crippen LogP contribution is 2.23. The van der Waals surface area contributed by atoms with Gasteiger partial charge in [-0.25, -0.2) is 9.97 Å². The number of aliphatic hydroxyl groups is 1. The lowest BCUT2D eigenvalue weighted by Gasteiger charge is -2.37. The molecule has 98 valence electrons. The summed E-state index contributed by atoms with van der Waals surface area (Å²) in [6, 6.07) is 1.91. The summed E-state index contributed by atoms with van der Waals surface area (Å²) in [5.74, 6) is 0.0352. The maximum absolute atomic E-state index is 12.0. The van der Waals surface area contributed by atoms with Crippen molar-refractivity contribution in [2.24, 2.45) is 0 Å². The van der Waals surface area contributed by atoms with E-state index in [-0.39, 0.29) is 17.3 Å². The van der Waals surface area contributed by atoms with Gasteiger partial charge >= 0.3 is 0 Å². The maximum atomic E-state index is 12.0. The third-order valence-electron chi connectivity index (χ3n) is 2.77. The smallest absolute Gasteiger partial charge is 0.236 e. The molecule has 1 fully saturated rings.